The first-order valence-corrected chi connectivity index (χ1v) is 5.36. The van der Waals surface area contributed by atoms with Crippen LogP contribution in [0.15, 0.2) is 18.2 Å². The molecule has 1 fully saturated rings. The minimum atomic E-state index is -1.03. The van der Waals surface area contributed by atoms with Crippen LogP contribution in [0.25, 0.3) is 0 Å². The van der Waals surface area contributed by atoms with Gasteiger partial charge in [0.2, 0.25) is 0 Å². The lowest BCUT2D eigenvalue weighted by molar-refractivity contribution is -0.139. The van der Waals surface area contributed by atoms with Crippen molar-refractivity contribution in [2.45, 2.75) is 25.9 Å². The first-order valence-electron chi connectivity index (χ1n) is 5.36. The van der Waals surface area contributed by atoms with Gasteiger partial charge in [0, 0.05) is 0 Å². The molecule has 1 aromatic carbocycles. The molecule has 0 spiro atoms. The predicted molar refractivity (Wildman–Crippen MR) is 61.7 cm³/mol. The predicted octanol–water partition coefficient (Wildman–Crippen LogP) is 1.11. The number of amides is 2. The number of urea groups is 1. The van der Waals surface area contributed by atoms with Gasteiger partial charge in [0.05, 0.1) is 6.04 Å². The van der Waals surface area contributed by atoms with E-state index in [0.29, 0.717) is 0 Å². The molecule has 2 atom stereocenters. The number of carbonyl (C=O) groups excluding carboxylic acids is 1. The number of hydrogen-bond acceptors (Lipinski definition) is 2. The summed E-state index contributed by atoms with van der Waals surface area (Å²) < 4.78 is 0. The summed E-state index contributed by atoms with van der Waals surface area (Å²) in [6.45, 7) is 3.83. The molecule has 0 radical (unpaired) electrons. The molecule has 0 aromatic heterocycles. The Balaban J connectivity index is 2.41. The van der Waals surface area contributed by atoms with Gasteiger partial charge in [-0.05, 0) is 25.0 Å². The van der Waals surface area contributed by atoms with Crippen molar-refractivity contribution in [2.75, 3.05) is 0 Å². The van der Waals surface area contributed by atoms with Crippen LogP contribution in [0.5, 0.6) is 0 Å². The van der Waals surface area contributed by atoms with Gasteiger partial charge in [-0.2, -0.15) is 0 Å². The Hall–Kier alpha value is -2.04. The van der Waals surface area contributed by atoms with E-state index in [4.69, 9.17) is 5.11 Å². The summed E-state index contributed by atoms with van der Waals surface area (Å²) >= 11 is 0. The lowest BCUT2D eigenvalue weighted by Crippen LogP contribution is -2.36. The Morgan fingerprint density at radius 2 is 2.00 bits per heavy atom. The molecule has 2 rings (SSSR count). The lowest BCUT2D eigenvalue weighted by atomic mass is 9.95. The van der Waals surface area contributed by atoms with Gasteiger partial charge in [0.15, 0.2) is 6.04 Å². The third-order valence-electron chi connectivity index (χ3n) is 2.94. The van der Waals surface area contributed by atoms with Crippen LogP contribution in [0.4, 0.5) is 4.79 Å². The first-order chi connectivity index (χ1) is 7.99. The van der Waals surface area contributed by atoms with Gasteiger partial charge in [0.1, 0.15) is 0 Å². The highest BCUT2D eigenvalue weighted by Gasteiger charge is 2.38. The quantitative estimate of drug-likeness (QED) is 0.717. The molecule has 0 bridgehead atoms. The van der Waals surface area contributed by atoms with Crippen LogP contribution in [0.2, 0.25) is 0 Å². The Morgan fingerprint density at radius 3 is 2.65 bits per heavy atom. The van der Waals surface area contributed by atoms with E-state index in [1.165, 1.54) is 0 Å². The highest BCUT2D eigenvalue weighted by atomic mass is 16.4. The maximum Gasteiger partial charge on any atom is 0.328 e. The van der Waals surface area contributed by atoms with E-state index in [2.05, 4.69) is 10.6 Å². The van der Waals surface area contributed by atoms with Gasteiger partial charge in [-0.3, -0.25) is 0 Å². The summed E-state index contributed by atoms with van der Waals surface area (Å²) in [5.41, 5.74) is 2.85. The molecule has 1 aromatic rings. The second kappa shape index (κ2) is 4.08. The summed E-state index contributed by atoms with van der Waals surface area (Å²) in [5, 5.41) is 14.1. The van der Waals surface area contributed by atoms with E-state index in [1.807, 2.05) is 32.0 Å². The van der Waals surface area contributed by atoms with Crippen LogP contribution in [0.3, 0.4) is 0 Å². The molecule has 5 heteroatoms. The maximum absolute atomic E-state index is 11.3. The Labute approximate surface area is 98.8 Å². The van der Waals surface area contributed by atoms with Gasteiger partial charge in [-0.1, -0.05) is 23.8 Å². The molecule has 1 aliphatic heterocycles. The summed E-state index contributed by atoms with van der Waals surface area (Å²) in [6, 6.07) is 3.92. The van der Waals surface area contributed by atoms with E-state index in [0.717, 1.165) is 16.7 Å². The van der Waals surface area contributed by atoms with E-state index in [1.54, 1.807) is 0 Å². The largest absolute Gasteiger partial charge is 0.480 e. The number of hydrogen-bond donors (Lipinski definition) is 3. The van der Waals surface area contributed by atoms with E-state index < -0.39 is 24.1 Å². The number of carboxylic acid groups (broad SMARTS) is 1. The zero-order chi connectivity index (χ0) is 12.6. The monoisotopic (exact) mass is 234 g/mol. The summed E-state index contributed by atoms with van der Waals surface area (Å²) in [7, 11) is 0. The van der Waals surface area contributed by atoms with Crippen molar-refractivity contribution in [1.29, 1.82) is 0 Å². The summed E-state index contributed by atoms with van der Waals surface area (Å²) in [4.78, 5) is 22.3. The van der Waals surface area contributed by atoms with Crippen LogP contribution < -0.4 is 10.6 Å². The standard InChI is InChI=1S/C12H14N2O3/c1-6-3-4-7(2)8(5-6)9-10(11(15)16)14-12(17)13-9/h3-5,9-10H,1-2H3,(H,15,16)(H2,13,14,17). The molecule has 0 saturated carbocycles. The van der Waals surface area contributed by atoms with Crippen molar-refractivity contribution < 1.29 is 14.7 Å². The van der Waals surface area contributed by atoms with Crippen molar-refractivity contribution in [3.8, 4) is 0 Å². The summed E-state index contributed by atoms with van der Waals surface area (Å²) in [6.07, 6.45) is 0. The molecule has 1 heterocycles. The highest BCUT2D eigenvalue weighted by molar-refractivity contribution is 5.88. The van der Waals surface area contributed by atoms with Crippen molar-refractivity contribution >= 4 is 12.0 Å². The van der Waals surface area contributed by atoms with Crippen molar-refractivity contribution in [2.24, 2.45) is 0 Å². The molecule has 5 nitrogen and oxygen atoms in total. The number of aliphatic carboxylic acids is 1. The lowest BCUT2D eigenvalue weighted by Gasteiger charge is -2.17. The third-order valence-corrected chi connectivity index (χ3v) is 2.94. The molecule has 90 valence electrons. The van der Waals surface area contributed by atoms with Crippen LogP contribution in [0.1, 0.15) is 22.7 Å². The van der Waals surface area contributed by atoms with E-state index >= 15 is 0 Å². The zero-order valence-electron chi connectivity index (χ0n) is 9.65. The minimum Gasteiger partial charge on any atom is -0.480 e. The minimum absolute atomic E-state index is 0.441. The van der Waals surface area contributed by atoms with Crippen molar-refractivity contribution in [3.05, 3.63) is 34.9 Å². The molecule has 17 heavy (non-hydrogen) atoms. The van der Waals surface area contributed by atoms with Crippen LogP contribution in [0, 0.1) is 13.8 Å². The van der Waals surface area contributed by atoms with Gasteiger partial charge in [-0.15, -0.1) is 0 Å². The zero-order valence-corrected chi connectivity index (χ0v) is 9.65. The highest BCUT2D eigenvalue weighted by Crippen LogP contribution is 2.25. The van der Waals surface area contributed by atoms with Crippen molar-refractivity contribution in [1.82, 2.24) is 10.6 Å². The smallest absolute Gasteiger partial charge is 0.328 e. The molecule has 1 saturated heterocycles. The Morgan fingerprint density at radius 1 is 1.29 bits per heavy atom. The number of carbonyl (C=O) groups is 2. The van der Waals surface area contributed by atoms with Gasteiger partial charge in [-0.25, -0.2) is 9.59 Å². The topological polar surface area (TPSA) is 78.4 Å². The number of nitrogens with one attached hydrogen (secondary N) is 2. The second-order valence-corrected chi connectivity index (χ2v) is 4.27. The number of rotatable bonds is 2. The molecule has 3 N–H and O–H groups in total. The van der Waals surface area contributed by atoms with Gasteiger partial charge < -0.3 is 15.7 Å². The van der Waals surface area contributed by atoms with E-state index in [9.17, 15) is 9.59 Å². The fraction of sp³-hybridized carbons (Fsp3) is 0.333. The molecule has 0 aliphatic carbocycles. The maximum atomic E-state index is 11.3. The fourth-order valence-electron chi connectivity index (χ4n) is 2.05. The normalized spacial score (nSPS) is 23.1. The second-order valence-electron chi connectivity index (χ2n) is 4.27. The van der Waals surface area contributed by atoms with Crippen molar-refractivity contribution in [3.63, 3.8) is 0 Å². The molecule has 1 aliphatic rings. The fourth-order valence-corrected chi connectivity index (χ4v) is 2.05. The van der Waals surface area contributed by atoms with Gasteiger partial charge >= 0.3 is 12.0 Å². The molecular weight excluding hydrogens is 220 g/mol. The summed E-state index contributed by atoms with van der Waals surface area (Å²) in [5.74, 6) is -1.03. The number of aryl methyl sites for hydroxylation is 2. The average Bonchev–Trinajstić information content (AvgIpc) is 2.64. The Kier molecular flexibility index (Phi) is 2.75. The number of benzene rings is 1. The molecule has 2 unspecified atom stereocenters. The Bertz CT molecular complexity index is 485. The molecular formula is C12H14N2O3. The third kappa shape index (κ3) is 2.08. The SMILES string of the molecule is Cc1ccc(C)c(C2NC(=O)NC2C(=O)O)c1. The average molecular weight is 234 g/mol. The number of carboxylic acids is 1. The van der Waals surface area contributed by atoms with Crippen LogP contribution >= 0.6 is 0 Å². The van der Waals surface area contributed by atoms with Crippen LogP contribution in [-0.2, 0) is 4.79 Å². The van der Waals surface area contributed by atoms with Crippen LogP contribution in [-0.4, -0.2) is 23.1 Å². The first kappa shape index (κ1) is 11.4. The molecule has 2 amide bonds. The van der Waals surface area contributed by atoms with Gasteiger partial charge in [0.25, 0.3) is 0 Å². The van der Waals surface area contributed by atoms with E-state index in [-0.39, 0.29) is 0 Å².